The summed E-state index contributed by atoms with van der Waals surface area (Å²) in [4.78, 5) is 27.5. The van der Waals surface area contributed by atoms with E-state index in [2.05, 4.69) is 15.4 Å². The molecule has 1 fully saturated rings. The van der Waals surface area contributed by atoms with Crippen molar-refractivity contribution in [2.75, 3.05) is 51.9 Å². The molecule has 2 amide bonds. The molecule has 1 heterocycles. The van der Waals surface area contributed by atoms with Gasteiger partial charge in [-0.2, -0.15) is 4.72 Å². The van der Waals surface area contributed by atoms with Gasteiger partial charge in [0.25, 0.3) is 0 Å². The van der Waals surface area contributed by atoms with Crippen LogP contribution in [0, 0.1) is 11.3 Å². The first-order valence-electron chi connectivity index (χ1n) is 14.5. The number of likely N-dealkylation sites (tertiary alicyclic amines) is 1. The normalized spacial score (nSPS) is 15.9. The number of nitrogens with two attached hydrogens (primary N) is 1. The smallest absolute Gasteiger partial charge is 0.250 e. The second-order valence-electron chi connectivity index (χ2n) is 10.8. The van der Waals surface area contributed by atoms with E-state index in [-0.39, 0.29) is 35.7 Å². The second kappa shape index (κ2) is 15.6. The van der Waals surface area contributed by atoms with E-state index in [1.807, 2.05) is 24.3 Å². The van der Waals surface area contributed by atoms with Crippen LogP contribution in [0.4, 0.5) is 5.69 Å². The molecule has 1 aliphatic heterocycles. The van der Waals surface area contributed by atoms with E-state index in [0.717, 1.165) is 23.6 Å². The van der Waals surface area contributed by atoms with Crippen LogP contribution < -0.4 is 21.1 Å². The molecular formula is C31H40N6O6S. The van der Waals surface area contributed by atoms with Gasteiger partial charge in [-0.05, 0) is 65.8 Å². The number of nitrogens with one attached hydrogen (secondary N) is 4. The largest absolute Gasteiger partial charge is 0.382 e. The zero-order valence-electron chi connectivity index (χ0n) is 24.8. The van der Waals surface area contributed by atoms with E-state index >= 15 is 0 Å². The number of piperidine rings is 1. The standard InChI is InChI=1S/C31H40N6O6S/c1-42-15-16-43-21-29(38)35-26-11-8-22(9-12-26)17-28(30(39)34-19-23-5-4-14-37(20-23)31(32)33)36-44(40,41)27-13-10-24-6-2-3-7-25(24)18-27/h2-3,6-13,18,23,28,36H,4-5,14-17,19-21H2,1H3,(H3,32,33)(H,34,39)(H,35,38)/t23?,28-/m1/s1. The lowest BCUT2D eigenvalue weighted by molar-refractivity contribution is -0.123. The van der Waals surface area contributed by atoms with Crippen LogP contribution in [-0.4, -0.2) is 83.7 Å². The Labute approximate surface area is 257 Å². The molecule has 3 aromatic carbocycles. The predicted molar refractivity (Wildman–Crippen MR) is 169 cm³/mol. The van der Waals surface area contributed by atoms with E-state index < -0.39 is 22.0 Å². The summed E-state index contributed by atoms with van der Waals surface area (Å²) in [6, 6.07) is 18.0. The van der Waals surface area contributed by atoms with E-state index in [1.54, 1.807) is 48.4 Å². The van der Waals surface area contributed by atoms with Gasteiger partial charge in [-0.25, -0.2) is 8.42 Å². The number of guanidine groups is 1. The zero-order valence-corrected chi connectivity index (χ0v) is 25.6. The monoisotopic (exact) mass is 624 g/mol. The Morgan fingerprint density at radius 2 is 1.82 bits per heavy atom. The molecule has 0 radical (unpaired) electrons. The highest BCUT2D eigenvalue weighted by atomic mass is 32.2. The SMILES string of the molecule is COCCOCC(=O)Nc1ccc(C[C@@H](NS(=O)(=O)c2ccc3ccccc3c2)C(=O)NCC2CCCN(C(=N)N)C2)cc1. The Morgan fingerprint density at radius 1 is 1.07 bits per heavy atom. The number of methoxy groups -OCH3 is 1. The predicted octanol–water partition coefficient (Wildman–Crippen LogP) is 2.05. The molecule has 1 saturated heterocycles. The molecule has 236 valence electrons. The molecule has 1 aliphatic rings. The number of benzene rings is 3. The fraction of sp³-hybridized carbons (Fsp3) is 0.387. The van der Waals surface area contributed by atoms with Crippen molar-refractivity contribution in [3.63, 3.8) is 0 Å². The number of hydrogen-bond donors (Lipinski definition) is 5. The number of ether oxygens (including phenoxy) is 2. The van der Waals surface area contributed by atoms with Crippen LogP contribution in [0.5, 0.6) is 0 Å². The van der Waals surface area contributed by atoms with Gasteiger partial charge in [0.15, 0.2) is 5.96 Å². The van der Waals surface area contributed by atoms with Crippen molar-refractivity contribution >= 4 is 44.3 Å². The molecule has 6 N–H and O–H groups in total. The lowest BCUT2D eigenvalue weighted by Gasteiger charge is -2.33. The van der Waals surface area contributed by atoms with Crippen LogP contribution in [0.2, 0.25) is 0 Å². The van der Waals surface area contributed by atoms with E-state index in [1.165, 1.54) is 6.07 Å². The van der Waals surface area contributed by atoms with Crippen molar-refractivity contribution in [2.45, 2.75) is 30.2 Å². The number of carbonyl (C=O) groups excluding carboxylic acids is 2. The number of fused-ring (bicyclic) bond motifs is 1. The van der Waals surface area contributed by atoms with Crippen LogP contribution in [0.1, 0.15) is 18.4 Å². The maximum Gasteiger partial charge on any atom is 0.250 e. The Morgan fingerprint density at radius 3 is 2.55 bits per heavy atom. The van der Waals surface area contributed by atoms with Crippen LogP contribution >= 0.6 is 0 Å². The number of anilines is 1. The number of rotatable bonds is 14. The lowest BCUT2D eigenvalue weighted by atomic mass is 9.98. The number of nitrogens with zero attached hydrogens (tertiary/aromatic N) is 1. The quantitative estimate of drug-likeness (QED) is 0.103. The molecule has 12 nitrogen and oxygen atoms in total. The third kappa shape index (κ3) is 9.48. The number of amides is 2. The molecule has 1 unspecified atom stereocenters. The van der Waals surface area contributed by atoms with Gasteiger partial charge in [0.2, 0.25) is 21.8 Å². The molecule has 0 aliphatic carbocycles. The highest BCUT2D eigenvalue weighted by Crippen LogP contribution is 2.20. The average Bonchev–Trinajstić information content (AvgIpc) is 3.02. The number of sulfonamides is 1. The third-order valence-electron chi connectivity index (χ3n) is 7.41. The highest BCUT2D eigenvalue weighted by molar-refractivity contribution is 7.89. The van der Waals surface area contributed by atoms with Gasteiger partial charge in [0, 0.05) is 32.4 Å². The van der Waals surface area contributed by atoms with Crippen molar-refractivity contribution in [3.8, 4) is 0 Å². The maximum absolute atomic E-state index is 13.5. The first-order valence-corrected chi connectivity index (χ1v) is 16.0. The highest BCUT2D eigenvalue weighted by Gasteiger charge is 2.28. The summed E-state index contributed by atoms with van der Waals surface area (Å²) in [5.74, 6) is -0.698. The van der Waals surface area contributed by atoms with E-state index in [4.69, 9.17) is 20.6 Å². The molecule has 13 heteroatoms. The molecule has 2 atom stereocenters. The van der Waals surface area contributed by atoms with Gasteiger partial charge >= 0.3 is 0 Å². The molecular weight excluding hydrogens is 584 g/mol. The van der Waals surface area contributed by atoms with Crippen molar-refractivity contribution < 1.29 is 27.5 Å². The lowest BCUT2D eigenvalue weighted by Crippen LogP contribution is -2.51. The van der Waals surface area contributed by atoms with Gasteiger partial charge < -0.3 is 30.7 Å². The topological polar surface area (TPSA) is 176 Å². The molecule has 0 spiro atoms. The van der Waals surface area contributed by atoms with Gasteiger partial charge in [0.1, 0.15) is 12.6 Å². The van der Waals surface area contributed by atoms with Crippen molar-refractivity contribution in [1.82, 2.24) is 14.9 Å². The minimum absolute atomic E-state index is 0.000281. The average molecular weight is 625 g/mol. The molecule has 0 saturated carbocycles. The third-order valence-corrected chi connectivity index (χ3v) is 8.88. The molecule has 4 rings (SSSR count). The Hall–Kier alpha value is -4.04. The van der Waals surface area contributed by atoms with Gasteiger partial charge in [-0.1, -0.05) is 42.5 Å². The van der Waals surface area contributed by atoms with Gasteiger partial charge in [-0.15, -0.1) is 0 Å². The summed E-state index contributed by atoms with van der Waals surface area (Å²) in [5.41, 5.74) is 6.90. The van der Waals surface area contributed by atoms with E-state index in [0.29, 0.717) is 44.1 Å². The fourth-order valence-electron chi connectivity index (χ4n) is 5.06. The Kier molecular flexibility index (Phi) is 11.7. The van der Waals surface area contributed by atoms with Crippen LogP contribution in [0.25, 0.3) is 10.8 Å². The minimum Gasteiger partial charge on any atom is -0.382 e. The summed E-state index contributed by atoms with van der Waals surface area (Å²) in [6.45, 7) is 2.15. The van der Waals surface area contributed by atoms with Gasteiger partial charge in [0.05, 0.1) is 18.1 Å². The molecule has 44 heavy (non-hydrogen) atoms. The van der Waals surface area contributed by atoms with Crippen LogP contribution in [-0.2, 0) is 35.5 Å². The summed E-state index contributed by atoms with van der Waals surface area (Å²) >= 11 is 0. The summed E-state index contributed by atoms with van der Waals surface area (Å²) in [6.07, 6.45) is 1.79. The van der Waals surface area contributed by atoms with E-state index in [9.17, 15) is 18.0 Å². The fourth-order valence-corrected chi connectivity index (χ4v) is 6.29. The second-order valence-corrected chi connectivity index (χ2v) is 12.5. The molecule has 3 aromatic rings. The van der Waals surface area contributed by atoms with Crippen molar-refractivity contribution in [2.24, 2.45) is 11.7 Å². The maximum atomic E-state index is 13.5. The summed E-state index contributed by atoms with van der Waals surface area (Å²) in [7, 11) is -2.51. The summed E-state index contributed by atoms with van der Waals surface area (Å²) < 4.78 is 39.8. The van der Waals surface area contributed by atoms with Crippen molar-refractivity contribution in [1.29, 1.82) is 5.41 Å². The Bertz CT molecular complexity index is 1550. The van der Waals surface area contributed by atoms with Crippen LogP contribution in [0.15, 0.2) is 71.6 Å². The zero-order chi connectivity index (χ0) is 31.5. The first kappa shape index (κ1) is 32.9. The van der Waals surface area contributed by atoms with Crippen molar-refractivity contribution in [3.05, 3.63) is 72.3 Å². The number of carbonyl (C=O) groups is 2. The number of hydrogen-bond acceptors (Lipinski definition) is 7. The molecule has 0 aromatic heterocycles. The first-order chi connectivity index (χ1) is 21.1. The summed E-state index contributed by atoms with van der Waals surface area (Å²) in [5, 5.41) is 15.1. The Balaban J connectivity index is 1.46. The van der Waals surface area contributed by atoms with Gasteiger partial charge in [-0.3, -0.25) is 15.0 Å². The minimum atomic E-state index is -4.06. The van der Waals surface area contributed by atoms with Crippen LogP contribution in [0.3, 0.4) is 0 Å². The molecule has 0 bridgehead atoms.